The van der Waals surface area contributed by atoms with Crippen LogP contribution in [-0.4, -0.2) is 43.3 Å². The lowest BCUT2D eigenvalue weighted by molar-refractivity contribution is 0.0547. The second kappa shape index (κ2) is 6.88. The molecule has 1 aromatic carbocycles. The minimum Gasteiger partial charge on any atom is -0.494 e. The zero-order chi connectivity index (χ0) is 15.4. The van der Waals surface area contributed by atoms with Crippen molar-refractivity contribution < 1.29 is 9.47 Å². The third-order valence-electron chi connectivity index (χ3n) is 4.82. The van der Waals surface area contributed by atoms with Gasteiger partial charge in [0, 0.05) is 32.6 Å². The Morgan fingerprint density at radius 3 is 3.09 bits per heavy atom. The van der Waals surface area contributed by atoms with Gasteiger partial charge in [-0.15, -0.1) is 0 Å². The van der Waals surface area contributed by atoms with Crippen molar-refractivity contribution >= 4 is 0 Å². The van der Waals surface area contributed by atoms with Crippen molar-refractivity contribution in [1.29, 1.82) is 0 Å². The van der Waals surface area contributed by atoms with E-state index in [1.54, 1.807) is 0 Å². The quantitative estimate of drug-likeness (QED) is 0.821. The van der Waals surface area contributed by atoms with E-state index in [4.69, 9.17) is 15.2 Å². The number of hydrogen-bond acceptors (Lipinski definition) is 4. The van der Waals surface area contributed by atoms with Crippen molar-refractivity contribution in [2.45, 2.75) is 44.6 Å². The van der Waals surface area contributed by atoms with Crippen LogP contribution in [0.3, 0.4) is 0 Å². The molecule has 1 spiro atoms. The monoisotopic (exact) mass is 304 g/mol. The highest BCUT2D eigenvalue weighted by atomic mass is 16.5. The Bertz CT molecular complexity index is 506. The molecule has 0 bridgehead atoms. The van der Waals surface area contributed by atoms with Gasteiger partial charge in [-0.25, -0.2) is 0 Å². The maximum absolute atomic E-state index is 6.40. The summed E-state index contributed by atoms with van der Waals surface area (Å²) < 4.78 is 12.2. The molecule has 0 amide bonds. The van der Waals surface area contributed by atoms with Crippen LogP contribution in [0.4, 0.5) is 0 Å². The third kappa shape index (κ3) is 3.39. The largest absolute Gasteiger partial charge is 0.494 e. The van der Waals surface area contributed by atoms with E-state index in [9.17, 15) is 0 Å². The standard InChI is InChI=1S/C18H28N2O2/c1-2-3-12-21-16-4-5-17-15(13-16)6-7-18(22-17)8-10-20(14-18)11-9-19/h4-5,13H,2-3,6-12,14,19H2,1H3. The molecule has 2 aliphatic heterocycles. The fourth-order valence-electron chi connectivity index (χ4n) is 3.51. The summed E-state index contributed by atoms with van der Waals surface area (Å²) in [5.74, 6) is 2.02. The van der Waals surface area contributed by atoms with Crippen LogP contribution in [0.1, 0.15) is 38.2 Å². The van der Waals surface area contributed by atoms with E-state index in [-0.39, 0.29) is 5.60 Å². The first-order chi connectivity index (χ1) is 10.7. The summed E-state index contributed by atoms with van der Waals surface area (Å²) in [7, 11) is 0. The van der Waals surface area contributed by atoms with Crippen molar-refractivity contribution in [3.05, 3.63) is 23.8 Å². The molecule has 1 unspecified atom stereocenters. The number of unbranched alkanes of at least 4 members (excludes halogenated alkanes) is 1. The van der Waals surface area contributed by atoms with Gasteiger partial charge in [-0.2, -0.15) is 0 Å². The number of hydrogen-bond donors (Lipinski definition) is 1. The first-order valence-corrected chi connectivity index (χ1v) is 8.62. The Balaban J connectivity index is 1.64. The lowest BCUT2D eigenvalue weighted by Gasteiger charge is -2.36. The predicted octanol–water partition coefficient (Wildman–Crippen LogP) is 2.59. The Kier molecular flexibility index (Phi) is 4.89. The third-order valence-corrected chi connectivity index (χ3v) is 4.82. The number of nitrogens with zero attached hydrogens (tertiary/aromatic N) is 1. The summed E-state index contributed by atoms with van der Waals surface area (Å²) >= 11 is 0. The zero-order valence-electron chi connectivity index (χ0n) is 13.6. The second-order valence-corrected chi connectivity index (χ2v) is 6.57. The van der Waals surface area contributed by atoms with Gasteiger partial charge < -0.3 is 15.2 Å². The molecule has 0 radical (unpaired) electrons. The molecule has 22 heavy (non-hydrogen) atoms. The Hall–Kier alpha value is -1.26. The molecule has 4 nitrogen and oxygen atoms in total. The van der Waals surface area contributed by atoms with E-state index in [1.807, 2.05) is 6.07 Å². The molecule has 3 rings (SSSR count). The molecule has 0 saturated carbocycles. The number of ether oxygens (including phenoxy) is 2. The first-order valence-electron chi connectivity index (χ1n) is 8.62. The highest BCUT2D eigenvalue weighted by Crippen LogP contribution is 2.39. The number of fused-ring (bicyclic) bond motifs is 1. The predicted molar refractivity (Wildman–Crippen MR) is 88.6 cm³/mol. The molecule has 2 aliphatic rings. The number of aryl methyl sites for hydroxylation is 1. The lowest BCUT2D eigenvalue weighted by Crippen LogP contribution is -2.42. The maximum atomic E-state index is 6.40. The van der Waals surface area contributed by atoms with Gasteiger partial charge in [-0.3, -0.25) is 4.90 Å². The molecular formula is C18H28N2O2. The van der Waals surface area contributed by atoms with Gasteiger partial charge in [0.25, 0.3) is 0 Å². The van der Waals surface area contributed by atoms with E-state index in [0.717, 1.165) is 76.4 Å². The summed E-state index contributed by atoms with van der Waals surface area (Å²) in [6.07, 6.45) is 5.56. The van der Waals surface area contributed by atoms with Crippen LogP contribution in [0.5, 0.6) is 11.5 Å². The first kappa shape index (κ1) is 15.6. The highest BCUT2D eigenvalue weighted by Gasteiger charge is 2.42. The van der Waals surface area contributed by atoms with Crippen molar-refractivity contribution in [3.63, 3.8) is 0 Å². The SMILES string of the molecule is CCCCOc1ccc2c(c1)CCC1(CCN(CCN)C1)O2. The van der Waals surface area contributed by atoms with E-state index in [2.05, 4.69) is 24.0 Å². The van der Waals surface area contributed by atoms with Crippen molar-refractivity contribution in [1.82, 2.24) is 4.90 Å². The molecule has 1 fully saturated rings. The maximum Gasteiger partial charge on any atom is 0.123 e. The van der Waals surface area contributed by atoms with Crippen LogP contribution >= 0.6 is 0 Å². The molecule has 0 aliphatic carbocycles. The fourth-order valence-corrected chi connectivity index (χ4v) is 3.51. The molecule has 1 saturated heterocycles. The molecule has 2 N–H and O–H groups in total. The van der Waals surface area contributed by atoms with Gasteiger partial charge in [-0.1, -0.05) is 13.3 Å². The van der Waals surface area contributed by atoms with Gasteiger partial charge in [0.1, 0.15) is 17.1 Å². The summed E-state index contributed by atoms with van der Waals surface area (Å²) in [5, 5.41) is 0. The zero-order valence-corrected chi connectivity index (χ0v) is 13.6. The Labute approximate surface area is 133 Å². The number of rotatable bonds is 6. The number of nitrogens with two attached hydrogens (primary N) is 1. The van der Waals surface area contributed by atoms with Crippen LogP contribution in [0.2, 0.25) is 0 Å². The van der Waals surface area contributed by atoms with Gasteiger partial charge in [0.05, 0.1) is 6.61 Å². The summed E-state index contributed by atoms with van der Waals surface area (Å²) in [4.78, 5) is 2.42. The van der Waals surface area contributed by atoms with Gasteiger partial charge in [-0.05, 0) is 43.0 Å². The van der Waals surface area contributed by atoms with E-state index in [0.29, 0.717) is 0 Å². The van der Waals surface area contributed by atoms with Crippen molar-refractivity contribution in [3.8, 4) is 11.5 Å². The molecule has 1 aromatic rings. The fraction of sp³-hybridized carbons (Fsp3) is 0.667. The van der Waals surface area contributed by atoms with Crippen LogP contribution in [0.25, 0.3) is 0 Å². The van der Waals surface area contributed by atoms with Gasteiger partial charge in [0.15, 0.2) is 0 Å². The van der Waals surface area contributed by atoms with E-state index >= 15 is 0 Å². The van der Waals surface area contributed by atoms with Crippen LogP contribution in [0.15, 0.2) is 18.2 Å². The minimum absolute atomic E-state index is 0.00670. The topological polar surface area (TPSA) is 47.7 Å². The molecule has 4 heteroatoms. The lowest BCUT2D eigenvalue weighted by atomic mass is 9.90. The number of likely N-dealkylation sites (tertiary alicyclic amines) is 1. The Morgan fingerprint density at radius 1 is 1.36 bits per heavy atom. The second-order valence-electron chi connectivity index (χ2n) is 6.57. The smallest absolute Gasteiger partial charge is 0.123 e. The summed E-state index contributed by atoms with van der Waals surface area (Å²) in [6.45, 7) is 6.80. The average molecular weight is 304 g/mol. The van der Waals surface area contributed by atoms with Crippen molar-refractivity contribution in [2.24, 2.45) is 5.73 Å². The summed E-state index contributed by atoms with van der Waals surface area (Å²) in [5.41, 5.74) is 6.97. The van der Waals surface area contributed by atoms with Gasteiger partial charge >= 0.3 is 0 Å². The molecule has 2 heterocycles. The molecule has 1 atom stereocenters. The van der Waals surface area contributed by atoms with Crippen LogP contribution in [0, 0.1) is 0 Å². The van der Waals surface area contributed by atoms with Crippen LogP contribution < -0.4 is 15.2 Å². The van der Waals surface area contributed by atoms with Crippen LogP contribution in [-0.2, 0) is 6.42 Å². The highest BCUT2D eigenvalue weighted by molar-refractivity contribution is 5.42. The van der Waals surface area contributed by atoms with Gasteiger partial charge in [0.2, 0.25) is 0 Å². The van der Waals surface area contributed by atoms with Crippen molar-refractivity contribution in [2.75, 3.05) is 32.8 Å². The minimum atomic E-state index is 0.00670. The Morgan fingerprint density at radius 2 is 2.27 bits per heavy atom. The molecule has 122 valence electrons. The average Bonchev–Trinajstić information content (AvgIpc) is 2.91. The number of benzene rings is 1. The molecule has 0 aromatic heterocycles. The molecular weight excluding hydrogens is 276 g/mol. The van der Waals surface area contributed by atoms with E-state index < -0.39 is 0 Å². The normalized spacial score (nSPS) is 24.3. The van der Waals surface area contributed by atoms with E-state index in [1.165, 1.54) is 5.56 Å². The summed E-state index contributed by atoms with van der Waals surface area (Å²) in [6, 6.07) is 6.29.